The third-order valence-corrected chi connectivity index (χ3v) is 3.38. The second kappa shape index (κ2) is 8.23. The van der Waals surface area contributed by atoms with Crippen molar-refractivity contribution in [1.29, 1.82) is 0 Å². The summed E-state index contributed by atoms with van der Waals surface area (Å²) >= 11 is 0. The van der Waals surface area contributed by atoms with Crippen molar-refractivity contribution in [1.82, 2.24) is 4.98 Å². The van der Waals surface area contributed by atoms with Crippen LogP contribution in [0.2, 0.25) is 0 Å². The molecular weight excluding hydrogens is 248 g/mol. The standard InChI is InChI=1S/C17H30N2O/c1-6-7-8-9-16-17(11-14(4)5)19(20)12-15(18-16)10-13(2)3/h12-14H,6-11H2,1-5H3. The van der Waals surface area contributed by atoms with Crippen molar-refractivity contribution in [2.75, 3.05) is 0 Å². The van der Waals surface area contributed by atoms with Crippen molar-refractivity contribution in [2.45, 2.75) is 73.1 Å². The Hall–Kier alpha value is -1.12. The molecule has 0 radical (unpaired) electrons. The fourth-order valence-electron chi connectivity index (χ4n) is 2.46. The molecule has 0 unspecified atom stereocenters. The minimum Gasteiger partial charge on any atom is -0.618 e. The minimum absolute atomic E-state index is 0.484. The van der Waals surface area contributed by atoms with Gasteiger partial charge in [0.15, 0.2) is 0 Å². The molecule has 1 heterocycles. The molecule has 0 fully saturated rings. The van der Waals surface area contributed by atoms with Crippen molar-refractivity contribution in [2.24, 2.45) is 11.8 Å². The fourth-order valence-corrected chi connectivity index (χ4v) is 2.46. The van der Waals surface area contributed by atoms with Crippen molar-refractivity contribution in [3.8, 4) is 0 Å². The van der Waals surface area contributed by atoms with Crippen LogP contribution in [-0.2, 0) is 19.3 Å². The van der Waals surface area contributed by atoms with Gasteiger partial charge in [-0.25, -0.2) is 4.98 Å². The second-order valence-electron chi connectivity index (χ2n) is 6.60. The Morgan fingerprint density at radius 1 is 1.10 bits per heavy atom. The van der Waals surface area contributed by atoms with Crippen LogP contribution >= 0.6 is 0 Å². The number of unbranched alkanes of at least 4 members (excludes halogenated alkanes) is 2. The first-order valence-corrected chi connectivity index (χ1v) is 8.04. The summed E-state index contributed by atoms with van der Waals surface area (Å²) in [5.74, 6) is 1.01. The second-order valence-corrected chi connectivity index (χ2v) is 6.60. The smallest absolute Gasteiger partial charge is 0.214 e. The molecule has 0 aliphatic carbocycles. The molecule has 1 aromatic heterocycles. The normalized spacial score (nSPS) is 11.6. The van der Waals surface area contributed by atoms with Crippen LogP contribution in [-0.4, -0.2) is 4.98 Å². The minimum atomic E-state index is 0.484. The zero-order chi connectivity index (χ0) is 15.1. The highest BCUT2D eigenvalue weighted by Gasteiger charge is 2.18. The molecular formula is C17H30N2O. The fraction of sp³-hybridized carbons (Fsp3) is 0.765. The van der Waals surface area contributed by atoms with E-state index in [1.165, 1.54) is 12.8 Å². The summed E-state index contributed by atoms with van der Waals surface area (Å²) in [5, 5.41) is 12.3. The Morgan fingerprint density at radius 3 is 2.30 bits per heavy atom. The number of hydrogen-bond acceptors (Lipinski definition) is 2. The largest absolute Gasteiger partial charge is 0.618 e. The van der Waals surface area contributed by atoms with E-state index in [0.29, 0.717) is 11.8 Å². The van der Waals surface area contributed by atoms with Gasteiger partial charge in [0.05, 0.1) is 0 Å². The van der Waals surface area contributed by atoms with Crippen molar-refractivity contribution in [3.05, 3.63) is 28.5 Å². The molecule has 0 aliphatic rings. The van der Waals surface area contributed by atoms with Gasteiger partial charge in [-0.1, -0.05) is 47.5 Å². The first kappa shape index (κ1) is 16.9. The molecule has 0 N–H and O–H groups in total. The summed E-state index contributed by atoms with van der Waals surface area (Å²) in [6, 6.07) is 0. The maximum Gasteiger partial charge on any atom is 0.214 e. The summed E-state index contributed by atoms with van der Waals surface area (Å²) in [6.45, 7) is 10.8. The molecule has 0 saturated heterocycles. The Bertz CT molecular complexity index is 414. The van der Waals surface area contributed by atoms with Gasteiger partial charge in [0.2, 0.25) is 11.9 Å². The quantitative estimate of drug-likeness (QED) is 0.412. The first-order valence-electron chi connectivity index (χ1n) is 8.04. The molecule has 0 aliphatic heterocycles. The van der Waals surface area contributed by atoms with Crippen LogP contribution in [0.25, 0.3) is 0 Å². The van der Waals surface area contributed by atoms with Crippen LogP contribution in [0, 0.1) is 17.0 Å². The lowest BCUT2D eigenvalue weighted by molar-refractivity contribution is -0.616. The topological polar surface area (TPSA) is 39.8 Å². The van der Waals surface area contributed by atoms with E-state index in [0.717, 1.165) is 47.5 Å². The average Bonchev–Trinajstić information content (AvgIpc) is 2.32. The van der Waals surface area contributed by atoms with Crippen molar-refractivity contribution in [3.63, 3.8) is 0 Å². The first-order chi connectivity index (χ1) is 9.43. The Balaban J connectivity index is 3.00. The van der Waals surface area contributed by atoms with Crippen LogP contribution in [0.5, 0.6) is 0 Å². The lowest BCUT2D eigenvalue weighted by atomic mass is 10.0. The van der Waals surface area contributed by atoms with Gasteiger partial charge < -0.3 is 5.21 Å². The van der Waals surface area contributed by atoms with E-state index in [1.807, 2.05) is 0 Å². The molecule has 3 heteroatoms. The number of aromatic nitrogens is 2. The van der Waals surface area contributed by atoms with E-state index in [-0.39, 0.29) is 0 Å². The summed E-state index contributed by atoms with van der Waals surface area (Å²) in [6.07, 6.45) is 7.84. The van der Waals surface area contributed by atoms with Crippen LogP contribution in [0.15, 0.2) is 6.20 Å². The molecule has 3 nitrogen and oxygen atoms in total. The number of nitrogens with zero attached hydrogens (tertiary/aromatic N) is 2. The molecule has 1 rings (SSSR count). The maximum atomic E-state index is 12.3. The summed E-state index contributed by atoms with van der Waals surface area (Å²) < 4.78 is 1.08. The molecule has 0 saturated carbocycles. The van der Waals surface area contributed by atoms with E-state index in [1.54, 1.807) is 6.20 Å². The predicted octanol–water partition coefficient (Wildman–Crippen LogP) is 3.84. The van der Waals surface area contributed by atoms with Crippen LogP contribution < -0.4 is 4.73 Å². The molecule has 0 atom stereocenters. The lowest BCUT2D eigenvalue weighted by Crippen LogP contribution is -2.36. The van der Waals surface area contributed by atoms with Gasteiger partial charge in [0.1, 0.15) is 11.4 Å². The van der Waals surface area contributed by atoms with Gasteiger partial charge in [-0.3, -0.25) is 0 Å². The molecule has 20 heavy (non-hydrogen) atoms. The number of rotatable bonds is 8. The highest BCUT2D eigenvalue weighted by atomic mass is 16.5. The van der Waals surface area contributed by atoms with E-state index < -0.39 is 0 Å². The van der Waals surface area contributed by atoms with Crippen LogP contribution in [0.3, 0.4) is 0 Å². The third kappa shape index (κ3) is 5.48. The van der Waals surface area contributed by atoms with Crippen molar-refractivity contribution < 1.29 is 4.73 Å². The maximum absolute atomic E-state index is 12.3. The summed E-state index contributed by atoms with van der Waals surface area (Å²) in [5.41, 5.74) is 2.85. The van der Waals surface area contributed by atoms with Crippen molar-refractivity contribution >= 4 is 0 Å². The lowest BCUT2D eigenvalue weighted by Gasteiger charge is -2.13. The van der Waals surface area contributed by atoms with E-state index >= 15 is 0 Å². The van der Waals surface area contributed by atoms with Gasteiger partial charge in [0, 0.05) is 6.42 Å². The molecule has 0 spiro atoms. The number of hydrogen-bond donors (Lipinski definition) is 0. The molecule has 0 amide bonds. The highest BCUT2D eigenvalue weighted by molar-refractivity contribution is 5.11. The van der Waals surface area contributed by atoms with E-state index in [9.17, 15) is 5.21 Å². The monoisotopic (exact) mass is 278 g/mol. The van der Waals surface area contributed by atoms with Gasteiger partial charge in [-0.2, -0.15) is 4.73 Å². The van der Waals surface area contributed by atoms with Gasteiger partial charge in [0.25, 0.3) is 0 Å². The number of aryl methyl sites for hydroxylation is 1. The van der Waals surface area contributed by atoms with Crippen LogP contribution in [0.4, 0.5) is 0 Å². The van der Waals surface area contributed by atoms with E-state index in [4.69, 9.17) is 4.98 Å². The summed E-state index contributed by atoms with van der Waals surface area (Å²) in [7, 11) is 0. The Kier molecular flexibility index (Phi) is 6.97. The molecule has 0 bridgehead atoms. The van der Waals surface area contributed by atoms with Gasteiger partial charge in [-0.15, -0.1) is 0 Å². The Labute approximate surface area is 124 Å². The van der Waals surface area contributed by atoms with Crippen LogP contribution in [0.1, 0.15) is 71.0 Å². The summed E-state index contributed by atoms with van der Waals surface area (Å²) in [4.78, 5) is 4.78. The van der Waals surface area contributed by atoms with E-state index in [2.05, 4.69) is 34.6 Å². The molecule has 114 valence electrons. The highest BCUT2D eigenvalue weighted by Crippen LogP contribution is 2.14. The molecule has 1 aromatic rings. The predicted molar refractivity (Wildman–Crippen MR) is 83.5 cm³/mol. The van der Waals surface area contributed by atoms with Gasteiger partial charge >= 0.3 is 0 Å². The Morgan fingerprint density at radius 2 is 1.75 bits per heavy atom. The zero-order valence-electron chi connectivity index (χ0n) is 13.8. The SMILES string of the molecule is CCCCCc1nc(CC(C)C)c[n+]([O-])c1CC(C)C. The van der Waals surface area contributed by atoms with Gasteiger partial charge in [-0.05, 0) is 31.1 Å². The zero-order valence-corrected chi connectivity index (χ0v) is 13.8. The molecule has 0 aromatic carbocycles. The average molecular weight is 278 g/mol. The third-order valence-electron chi connectivity index (χ3n) is 3.38.